The predicted molar refractivity (Wildman–Crippen MR) is 101 cm³/mol. The fraction of sp³-hybridized carbons (Fsp3) is 0.318. The lowest BCUT2D eigenvalue weighted by molar-refractivity contribution is -0.121. The van der Waals surface area contributed by atoms with Crippen molar-refractivity contribution in [1.82, 2.24) is 4.90 Å². The first-order valence-corrected chi connectivity index (χ1v) is 8.65. The summed E-state index contributed by atoms with van der Waals surface area (Å²) >= 11 is 0. The van der Waals surface area contributed by atoms with Crippen LogP contribution in [0, 0.1) is 0 Å². The van der Waals surface area contributed by atoms with Crippen LogP contribution in [0.3, 0.4) is 0 Å². The molecule has 0 heterocycles. The van der Waals surface area contributed by atoms with E-state index in [9.17, 15) is 4.79 Å². The van der Waals surface area contributed by atoms with Gasteiger partial charge in [0.15, 0.2) is 0 Å². The van der Waals surface area contributed by atoms with Crippen LogP contribution in [0.2, 0.25) is 0 Å². The van der Waals surface area contributed by atoms with Gasteiger partial charge in [0.1, 0.15) is 5.78 Å². The molecule has 2 nitrogen and oxygen atoms in total. The van der Waals surface area contributed by atoms with Crippen molar-refractivity contribution in [1.29, 1.82) is 0 Å². The second kappa shape index (κ2) is 9.84. The molecule has 1 saturated carbocycles. The third-order valence-corrected chi connectivity index (χ3v) is 4.49. The van der Waals surface area contributed by atoms with E-state index >= 15 is 0 Å². The second-order valence-corrected chi connectivity index (χ2v) is 6.15. The van der Waals surface area contributed by atoms with Gasteiger partial charge in [-0.1, -0.05) is 60.7 Å². The number of ketones is 1. The van der Waals surface area contributed by atoms with Crippen LogP contribution in [0.4, 0.5) is 0 Å². The fourth-order valence-electron chi connectivity index (χ4n) is 3.24. The third kappa shape index (κ3) is 5.47. The lowest BCUT2D eigenvalue weighted by atomic mass is 9.92. The summed E-state index contributed by atoms with van der Waals surface area (Å²) in [5.41, 5.74) is 2.69. The van der Waals surface area contributed by atoms with Crippen LogP contribution in [0.15, 0.2) is 73.8 Å². The van der Waals surface area contributed by atoms with E-state index in [1.165, 1.54) is 11.1 Å². The van der Waals surface area contributed by atoms with Crippen LogP contribution in [0.1, 0.15) is 36.8 Å². The number of hydrogen-bond donors (Lipinski definition) is 0. The Morgan fingerprint density at radius 3 is 1.62 bits per heavy atom. The minimum Gasteiger partial charge on any atom is -0.300 e. The Bertz CT molecular complexity index is 557. The number of benzene rings is 2. The van der Waals surface area contributed by atoms with Gasteiger partial charge in [-0.25, -0.2) is 0 Å². The first-order valence-electron chi connectivity index (χ1n) is 8.65. The van der Waals surface area contributed by atoms with E-state index in [0.29, 0.717) is 11.8 Å². The number of carbonyl (C=O) groups excluding carboxylic acids is 1. The van der Waals surface area contributed by atoms with Gasteiger partial charge < -0.3 is 0 Å². The zero-order valence-electron chi connectivity index (χ0n) is 14.4. The van der Waals surface area contributed by atoms with Crippen LogP contribution in [-0.2, 0) is 17.9 Å². The van der Waals surface area contributed by atoms with Crippen LogP contribution in [-0.4, -0.2) is 16.7 Å². The maximum Gasteiger partial charge on any atom is 0.133 e. The summed E-state index contributed by atoms with van der Waals surface area (Å²) in [6.07, 6.45) is 3.48. The molecule has 24 heavy (non-hydrogen) atoms. The summed E-state index contributed by atoms with van der Waals surface area (Å²) in [6, 6.07) is 21.8. The van der Waals surface area contributed by atoms with E-state index in [4.69, 9.17) is 0 Å². The summed E-state index contributed by atoms with van der Waals surface area (Å²) in [7, 11) is 0. The van der Waals surface area contributed by atoms with Gasteiger partial charge in [-0.15, -0.1) is 13.2 Å². The number of nitrogens with zero attached hydrogens (tertiary/aromatic N) is 1. The Labute approximate surface area is 145 Å². The molecule has 0 bridgehead atoms. The highest BCUT2D eigenvalue weighted by atomic mass is 16.1. The number of carbonyl (C=O) groups is 1. The van der Waals surface area contributed by atoms with E-state index in [1.54, 1.807) is 0 Å². The van der Waals surface area contributed by atoms with Crippen molar-refractivity contribution in [3.8, 4) is 0 Å². The predicted octanol–water partition coefficient (Wildman–Crippen LogP) is 5.00. The average molecular weight is 321 g/mol. The summed E-state index contributed by atoms with van der Waals surface area (Å²) in [4.78, 5) is 14.1. The van der Waals surface area contributed by atoms with Gasteiger partial charge in [-0.2, -0.15) is 0 Å². The van der Waals surface area contributed by atoms with Gasteiger partial charge >= 0.3 is 0 Å². The van der Waals surface area contributed by atoms with E-state index < -0.39 is 0 Å². The molecule has 0 amide bonds. The Kier molecular flexibility index (Phi) is 7.44. The zero-order chi connectivity index (χ0) is 17.2. The quantitative estimate of drug-likeness (QED) is 0.722. The number of Topliss-reactive ketones (excluding diaryl/α,β-unsaturated/α-hetero) is 1. The van der Waals surface area contributed by atoms with Crippen molar-refractivity contribution in [2.24, 2.45) is 0 Å². The molecule has 0 aromatic heterocycles. The highest BCUT2D eigenvalue weighted by Gasteiger charge is 2.24. The van der Waals surface area contributed by atoms with Gasteiger partial charge in [0.05, 0.1) is 0 Å². The minimum absolute atomic E-state index is 0.427. The van der Waals surface area contributed by atoms with Crippen molar-refractivity contribution in [2.45, 2.75) is 44.8 Å². The Morgan fingerprint density at radius 1 is 0.792 bits per heavy atom. The molecule has 1 aliphatic rings. The fourth-order valence-corrected chi connectivity index (χ4v) is 3.24. The summed E-state index contributed by atoms with van der Waals surface area (Å²) < 4.78 is 0. The molecule has 1 aliphatic carbocycles. The van der Waals surface area contributed by atoms with E-state index in [2.05, 4.69) is 78.7 Å². The molecule has 1 fully saturated rings. The second-order valence-electron chi connectivity index (χ2n) is 6.15. The van der Waals surface area contributed by atoms with Crippen LogP contribution < -0.4 is 0 Å². The molecule has 0 atom stereocenters. The highest BCUT2D eigenvalue weighted by Crippen LogP contribution is 2.24. The molecule has 2 aromatic rings. The third-order valence-electron chi connectivity index (χ3n) is 4.49. The molecule has 2 aromatic carbocycles. The molecule has 0 aliphatic heterocycles. The van der Waals surface area contributed by atoms with Gasteiger partial charge in [0.25, 0.3) is 0 Å². The first kappa shape index (κ1) is 18.2. The topological polar surface area (TPSA) is 20.3 Å². The van der Waals surface area contributed by atoms with Crippen LogP contribution >= 0.6 is 0 Å². The SMILES string of the molecule is C=C.O=C1CCC(N(Cc2ccccc2)Cc2ccccc2)CC1. The molecular weight excluding hydrogens is 294 g/mol. The number of hydrogen-bond acceptors (Lipinski definition) is 2. The monoisotopic (exact) mass is 321 g/mol. The van der Waals surface area contributed by atoms with Gasteiger partial charge in [-0.05, 0) is 24.0 Å². The summed E-state index contributed by atoms with van der Waals surface area (Å²) in [5.74, 6) is 0.427. The Balaban J connectivity index is 0.00000100. The van der Waals surface area contributed by atoms with E-state index in [0.717, 1.165) is 38.8 Å². The van der Waals surface area contributed by atoms with Crippen molar-refractivity contribution >= 4 is 5.78 Å². The van der Waals surface area contributed by atoms with Crippen LogP contribution in [0.5, 0.6) is 0 Å². The zero-order valence-corrected chi connectivity index (χ0v) is 14.4. The smallest absolute Gasteiger partial charge is 0.133 e. The first-order chi connectivity index (χ1) is 11.8. The molecule has 0 unspecified atom stereocenters. The van der Waals surface area contributed by atoms with Crippen molar-refractivity contribution in [3.63, 3.8) is 0 Å². The maximum atomic E-state index is 11.5. The van der Waals surface area contributed by atoms with Crippen molar-refractivity contribution in [2.75, 3.05) is 0 Å². The molecule has 3 rings (SSSR count). The summed E-state index contributed by atoms with van der Waals surface area (Å²) in [6.45, 7) is 7.91. The largest absolute Gasteiger partial charge is 0.300 e. The molecule has 0 spiro atoms. The van der Waals surface area contributed by atoms with Gasteiger partial charge in [0, 0.05) is 32.0 Å². The van der Waals surface area contributed by atoms with Crippen molar-refractivity contribution in [3.05, 3.63) is 84.9 Å². The lowest BCUT2D eigenvalue weighted by Gasteiger charge is -2.34. The molecule has 0 saturated heterocycles. The van der Waals surface area contributed by atoms with Gasteiger partial charge in [-0.3, -0.25) is 9.69 Å². The number of rotatable bonds is 5. The molecule has 126 valence electrons. The Hall–Kier alpha value is -2.19. The molecule has 0 radical (unpaired) electrons. The molecule has 2 heteroatoms. The highest BCUT2D eigenvalue weighted by molar-refractivity contribution is 5.79. The Morgan fingerprint density at radius 2 is 1.21 bits per heavy atom. The van der Waals surface area contributed by atoms with Crippen LogP contribution in [0.25, 0.3) is 0 Å². The van der Waals surface area contributed by atoms with Crippen molar-refractivity contribution < 1.29 is 4.79 Å². The van der Waals surface area contributed by atoms with Gasteiger partial charge in [0.2, 0.25) is 0 Å². The average Bonchev–Trinajstić information content (AvgIpc) is 2.65. The standard InChI is InChI=1S/C20H23NO.C2H4/c22-20-13-11-19(12-14-20)21(15-17-7-3-1-4-8-17)16-18-9-5-2-6-10-18;1-2/h1-10,19H,11-16H2;1-2H2. The molecule has 0 N–H and O–H groups in total. The van der Waals surface area contributed by atoms with E-state index in [1.807, 2.05) is 0 Å². The lowest BCUT2D eigenvalue weighted by Crippen LogP contribution is -2.37. The molecular formula is C22H27NO. The normalized spacial score (nSPS) is 15.0. The summed E-state index contributed by atoms with van der Waals surface area (Å²) in [5, 5.41) is 0. The minimum atomic E-state index is 0.427. The van der Waals surface area contributed by atoms with E-state index in [-0.39, 0.29) is 0 Å². The maximum absolute atomic E-state index is 11.5.